The number of ether oxygens (including phenoxy) is 1. The Balaban J connectivity index is 1.74. The summed E-state index contributed by atoms with van der Waals surface area (Å²) < 4.78 is 5.14. The number of nitrogens with one attached hydrogen (secondary N) is 2. The number of anilines is 1. The number of hydrogen-bond acceptors (Lipinski definition) is 4. The SMILES string of the molecule is COc1ccc(NOCCC2CCC(C)(C)NC2(C)C)cc1. The van der Waals surface area contributed by atoms with E-state index >= 15 is 0 Å². The average Bonchev–Trinajstić information content (AvgIpc) is 2.44. The highest BCUT2D eigenvalue weighted by atomic mass is 16.6. The molecule has 1 saturated heterocycles. The minimum Gasteiger partial charge on any atom is -0.497 e. The molecule has 0 aromatic heterocycles. The summed E-state index contributed by atoms with van der Waals surface area (Å²) in [5.74, 6) is 1.49. The lowest BCUT2D eigenvalue weighted by molar-refractivity contribution is 0.0790. The van der Waals surface area contributed by atoms with Gasteiger partial charge in [0, 0.05) is 11.1 Å². The molecule has 1 aromatic rings. The topological polar surface area (TPSA) is 42.5 Å². The molecule has 1 aliphatic rings. The van der Waals surface area contributed by atoms with Gasteiger partial charge in [0.1, 0.15) is 5.75 Å². The molecule has 2 N–H and O–H groups in total. The van der Waals surface area contributed by atoms with E-state index in [0.29, 0.717) is 12.5 Å². The average molecular weight is 306 g/mol. The third-order valence-electron chi connectivity index (χ3n) is 4.65. The largest absolute Gasteiger partial charge is 0.497 e. The van der Waals surface area contributed by atoms with Gasteiger partial charge in [-0.1, -0.05) is 0 Å². The van der Waals surface area contributed by atoms with Gasteiger partial charge in [0.25, 0.3) is 0 Å². The number of methoxy groups -OCH3 is 1. The van der Waals surface area contributed by atoms with E-state index in [1.165, 1.54) is 12.8 Å². The molecule has 2 rings (SSSR count). The summed E-state index contributed by atoms with van der Waals surface area (Å²) in [5.41, 5.74) is 4.35. The van der Waals surface area contributed by atoms with E-state index in [1.54, 1.807) is 7.11 Å². The Bertz CT molecular complexity index is 468. The van der Waals surface area contributed by atoms with Crippen molar-refractivity contribution in [2.75, 3.05) is 19.2 Å². The molecule has 0 amide bonds. The Kier molecular flexibility index (Phi) is 5.35. The maximum Gasteiger partial charge on any atom is 0.119 e. The number of hydrogen-bond donors (Lipinski definition) is 2. The molecule has 4 nitrogen and oxygen atoms in total. The first-order chi connectivity index (χ1) is 10.3. The maximum absolute atomic E-state index is 5.62. The molecule has 1 aromatic carbocycles. The molecule has 1 heterocycles. The van der Waals surface area contributed by atoms with Crippen LogP contribution in [0.3, 0.4) is 0 Å². The Labute approximate surface area is 134 Å². The second-order valence-corrected chi connectivity index (χ2v) is 7.43. The van der Waals surface area contributed by atoms with E-state index in [0.717, 1.165) is 17.9 Å². The fraction of sp³-hybridized carbons (Fsp3) is 0.667. The standard InChI is InChI=1S/C18H30N2O2/c1-17(2)12-10-14(18(3,4)20-17)11-13-22-19-15-6-8-16(21-5)9-7-15/h6-9,14,19-20H,10-13H2,1-5H3. The molecular formula is C18H30N2O2. The molecular weight excluding hydrogens is 276 g/mol. The monoisotopic (exact) mass is 306 g/mol. The van der Waals surface area contributed by atoms with Gasteiger partial charge < -0.3 is 10.1 Å². The van der Waals surface area contributed by atoms with Gasteiger partial charge in [-0.2, -0.15) is 0 Å². The smallest absolute Gasteiger partial charge is 0.119 e. The van der Waals surface area contributed by atoms with Crippen molar-refractivity contribution < 1.29 is 9.57 Å². The van der Waals surface area contributed by atoms with Gasteiger partial charge in [-0.15, -0.1) is 0 Å². The summed E-state index contributed by atoms with van der Waals surface area (Å²) >= 11 is 0. The highest BCUT2D eigenvalue weighted by Gasteiger charge is 2.39. The first-order valence-corrected chi connectivity index (χ1v) is 8.14. The van der Waals surface area contributed by atoms with Crippen LogP contribution < -0.4 is 15.5 Å². The summed E-state index contributed by atoms with van der Waals surface area (Å²) in [5, 5.41) is 3.76. The zero-order chi connectivity index (χ0) is 16.2. The molecule has 0 spiro atoms. The van der Waals surface area contributed by atoms with Crippen LogP contribution in [-0.4, -0.2) is 24.8 Å². The van der Waals surface area contributed by atoms with Gasteiger partial charge in [-0.25, -0.2) is 0 Å². The van der Waals surface area contributed by atoms with Crippen LogP contribution in [-0.2, 0) is 4.84 Å². The van der Waals surface area contributed by atoms with Crippen molar-refractivity contribution in [1.29, 1.82) is 0 Å². The Hall–Kier alpha value is -1.26. The molecule has 0 saturated carbocycles. The lowest BCUT2D eigenvalue weighted by Gasteiger charge is -2.48. The summed E-state index contributed by atoms with van der Waals surface area (Å²) in [6.07, 6.45) is 3.52. The second-order valence-electron chi connectivity index (χ2n) is 7.43. The van der Waals surface area contributed by atoms with Crippen LogP contribution in [0.5, 0.6) is 5.75 Å². The van der Waals surface area contributed by atoms with E-state index in [4.69, 9.17) is 9.57 Å². The van der Waals surface area contributed by atoms with Crippen LogP contribution in [0.25, 0.3) is 0 Å². The minimum absolute atomic E-state index is 0.158. The van der Waals surface area contributed by atoms with Crippen LogP contribution in [0.15, 0.2) is 24.3 Å². The molecule has 0 aliphatic carbocycles. The van der Waals surface area contributed by atoms with Gasteiger partial charge in [-0.3, -0.25) is 10.3 Å². The fourth-order valence-electron chi connectivity index (χ4n) is 3.43. The second kappa shape index (κ2) is 6.88. The van der Waals surface area contributed by atoms with Gasteiger partial charge in [-0.05, 0) is 77.1 Å². The van der Waals surface area contributed by atoms with Crippen LogP contribution >= 0.6 is 0 Å². The van der Waals surface area contributed by atoms with E-state index in [9.17, 15) is 0 Å². The van der Waals surface area contributed by atoms with Crippen molar-refractivity contribution in [2.24, 2.45) is 5.92 Å². The highest BCUT2D eigenvalue weighted by Crippen LogP contribution is 2.35. The summed E-state index contributed by atoms with van der Waals surface area (Å²) in [4.78, 5) is 5.62. The van der Waals surface area contributed by atoms with Crippen molar-refractivity contribution in [3.8, 4) is 5.75 Å². The fourth-order valence-corrected chi connectivity index (χ4v) is 3.43. The molecule has 1 unspecified atom stereocenters. The molecule has 0 bridgehead atoms. The maximum atomic E-state index is 5.62. The van der Waals surface area contributed by atoms with Crippen molar-refractivity contribution >= 4 is 5.69 Å². The molecule has 22 heavy (non-hydrogen) atoms. The van der Waals surface area contributed by atoms with E-state index in [1.807, 2.05) is 24.3 Å². The Morgan fingerprint density at radius 1 is 1.18 bits per heavy atom. The van der Waals surface area contributed by atoms with Crippen molar-refractivity contribution in [1.82, 2.24) is 5.32 Å². The molecule has 0 radical (unpaired) electrons. The Morgan fingerprint density at radius 2 is 1.86 bits per heavy atom. The number of benzene rings is 1. The molecule has 1 fully saturated rings. The van der Waals surface area contributed by atoms with E-state index in [2.05, 4.69) is 38.5 Å². The number of piperidine rings is 1. The lowest BCUT2D eigenvalue weighted by Crippen LogP contribution is -2.59. The predicted octanol–water partition coefficient (Wildman–Crippen LogP) is 3.99. The molecule has 1 aliphatic heterocycles. The third-order valence-corrected chi connectivity index (χ3v) is 4.65. The van der Waals surface area contributed by atoms with Gasteiger partial charge >= 0.3 is 0 Å². The molecule has 1 atom stereocenters. The quantitative estimate of drug-likeness (QED) is 0.616. The summed E-state index contributed by atoms with van der Waals surface area (Å²) in [6, 6.07) is 7.74. The highest BCUT2D eigenvalue weighted by molar-refractivity contribution is 5.44. The van der Waals surface area contributed by atoms with Crippen molar-refractivity contribution in [2.45, 2.75) is 58.0 Å². The van der Waals surface area contributed by atoms with Gasteiger partial charge in [0.15, 0.2) is 0 Å². The predicted molar refractivity (Wildman–Crippen MR) is 91.2 cm³/mol. The van der Waals surface area contributed by atoms with Crippen LogP contribution in [0, 0.1) is 5.92 Å². The Morgan fingerprint density at radius 3 is 2.45 bits per heavy atom. The van der Waals surface area contributed by atoms with Crippen molar-refractivity contribution in [3.63, 3.8) is 0 Å². The van der Waals surface area contributed by atoms with E-state index < -0.39 is 0 Å². The van der Waals surface area contributed by atoms with Gasteiger partial charge in [0.05, 0.1) is 19.4 Å². The van der Waals surface area contributed by atoms with Crippen molar-refractivity contribution in [3.05, 3.63) is 24.3 Å². The normalized spacial score (nSPS) is 23.0. The molecule has 124 valence electrons. The van der Waals surface area contributed by atoms with E-state index in [-0.39, 0.29) is 11.1 Å². The minimum atomic E-state index is 0.158. The zero-order valence-electron chi connectivity index (χ0n) is 14.5. The molecule has 4 heteroatoms. The third kappa shape index (κ3) is 4.62. The zero-order valence-corrected chi connectivity index (χ0v) is 14.5. The van der Waals surface area contributed by atoms with Crippen LogP contribution in [0.1, 0.15) is 47.0 Å². The number of rotatable bonds is 6. The van der Waals surface area contributed by atoms with Crippen LogP contribution in [0.4, 0.5) is 5.69 Å². The lowest BCUT2D eigenvalue weighted by atomic mass is 9.73. The summed E-state index contributed by atoms with van der Waals surface area (Å²) in [7, 11) is 1.67. The van der Waals surface area contributed by atoms with Crippen LogP contribution in [0.2, 0.25) is 0 Å². The van der Waals surface area contributed by atoms with Gasteiger partial charge in [0.2, 0.25) is 0 Å². The summed E-state index contributed by atoms with van der Waals surface area (Å²) in [6.45, 7) is 9.88. The first kappa shape index (κ1) is 17.1. The first-order valence-electron chi connectivity index (χ1n) is 8.14.